The maximum absolute atomic E-state index is 12.6. The second-order valence-corrected chi connectivity index (χ2v) is 7.83. The number of sulfonamides is 1. The van der Waals surface area contributed by atoms with Gasteiger partial charge in [0.05, 0.1) is 11.0 Å². The van der Waals surface area contributed by atoms with E-state index < -0.39 is 15.6 Å². The predicted molar refractivity (Wildman–Crippen MR) is 80.2 cm³/mol. The summed E-state index contributed by atoms with van der Waals surface area (Å²) in [7, 11) is -3.62. The monoisotopic (exact) mass is 304 g/mol. The van der Waals surface area contributed by atoms with Gasteiger partial charge in [-0.25, -0.2) is 8.42 Å². The normalized spacial score (nSPS) is 20.7. The quantitative estimate of drug-likeness (QED) is 0.933. The minimum Gasteiger partial charge on any atom is -0.207 e. The van der Waals surface area contributed by atoms with Gasteiger partial charge < -0.3 is 0 Å². The third-order valence-corrected chi connectivity index (χ3v) is 6.17. The predicted octanol–water partition coefficient (Wildman–Crippen LogP) is 2.68. The lowest BCUT2D eigenvalue weighted by molar-refractivity contribution is 0.485. The maximum atomic E-state index is 12.6. The fourth-order valence-electron chi connectivity index (χ4n) is 3.41. The van der Waals surface area contributed by atoms with Crippen LogP contribution in [0.5, 0.6) is 0 Å². The summed E-state index contributed by atoms with van der Waals surface area (Å²) in [5.41, 5.74) is 1.49. The number of nitrogens with zero attached hydrogens (tertiary/aromatic N) is 1. The van der Waals surface area contributed by atoms with Crippen LogP contribution in [0.3, 0.4) is 0 Å². The van der Waals surface area contributed by atoms with Crippen molar-refractivity contribution in [3.8, 4) is 6.07 Å². The number of hydrogen-bond donors (Lipinski definition) is 1. The van der Waals surface area contributed by atoms with E-state index in [4.69, 9.17) is 0 Å². The molecule has 0 unspecified atom stereocenters. The van der Waals surface area contributed by atoms with E-state index in [9.17, 15) is 13.7 Å². The van der Waals surface area contributed by atoms with E-state index in [1.165, 1.54) is 12.0 Å². The average molecular weight is 304 g/mol. The first-order chi connectivity index (χ1) is 10.0. The lowest BCUT2D eigenvalue weighted by Gasteiger charge is -2.23. The smallest absolute Gasteiger partial charge is 0.207 e. The molecule has 112 valence electrons. The summed E-state index contributed by atoms with van der Waals surface area (Å²) in [6, 6.07) is 7.56. The minimum atomic E-state index is -3.62. The van der Waals surface area contributed by atoms with Crippen molar-refractivity contribution in [3.63, 3.8) is 0 Å². The Morgan fingerprint density at radius 1 is 1.05 bits per heavy atom. The highest BCUT2D eigenvalue weighted by molar-refractivity contribution is 7.89. The van der Waals surface area contributed by atoms with Crippen LogP contribution in [0.25, 0.3) is 0 Å². The highest BCUT2D eigenvalue weighted by atomic mass is 32.2. The highest BCUT2D eigenvalue weighted by Crippen LogP contribution is 2.31. The maximum Gasteiger partial charge on any atom is 0.241 e. The molecule has 0 aliphatic heterocycles. The van der Waals surface area contributed by atoms with Crippen molar-refractivity contribution in [1.29, 1.82) is 5.26 Å². The van der Waals surface area contributed by atoms with Gasteiger partial charge in [-0.15, -0.1) is 0 Å². The zero-order valence-electron chi connectivity index (χ0n) is 12.1. The molecule has 1 aromatic rings. The third kappa shape index (κ3) is 2.83. The van der Waals surface area contributed by atoms with Crippen molar-refractivity contribution in [1.82, 2.24) is 4.72 Å². The van der Waals surface area contributed by atoms with Crippen molar-refractivity contribution in [2.75, 3.05) is 0 Å². The van der Waals surface area contributed by atoms with Crippen LogP contribution in [0.2, 0.25) is 0 Å². The number of aryl methyl sites for hydroxylation is 2. The Bertz CT molecular complexity index is 683. The van der Waals surface area contributed by atoms with E-state index >= 15 is 0 Å². The van der Waals surface area contributed by atoms with Gasteiger partial charge in [-0.05, 0) is 61.8 Å². The second-order valence-electron chi connectivity index (χ2n) is 6.14. The molecule has 1 aromatic carbocycles. The number of nitriles is 1. The van der Waals surface area contributed by atoms with Gasteiger partial charge >= 0.3 is 0 Å². The van der Waals surface area contributed by atoms with Crippen LogP contribution in [0.15, 0.2) is 23.1 Å². The van der Waals surface area contributed by atoms with Crippen molar-refractivity contribution in [2.24, 2.45) is 0 Å². The minimum absolute atomic E-state index is 0.296. The highest BCUT2D eigenvalue weighted by Gasteiger charge is 2.38. The molecule has 21 heavy (non-hydrogen) atoms. The summed E-state index contributed by atoms with van der Waals surface area (Å²) in [5.74, 6) is 0. The van der Waals surface area contributed by atoms with Crippen LogP contribution in [0.4, 0.5) is 0 Å². The first kappa shape index (κ1) is 14.6. The van der Waals surface area contributed by atoms with Crippen LogP contribution < -0.4 is 4.72 Å². The van der Waals surface area contributed by atoms with Crippen LogP contribution in [0, 0.1) is 11.3 Å². The summed E-state index contributed by atoms with van der Waals surface area (Å²) in [4.78, 5) is 0.296. The van der Waals surface area contributed by atoms with E-state index in [1.807, 2.05) is 6.07 Å². The molecule has 2 aliphatic rings. The van der Waals surface area contributed by atoms with Crippen molar-refractivity contribution in [2.45, 2.75) is 61.8 Å². The molecular weight excluding hydrogens is 284 g/mol. The molecule has 0 radical (unpaired) electrons. The first-order valence-electron chi connectivity index (χ1n) is 7.62. The molecule has 3 rings (SSSR count). The molecule has 0 saturated heterocycles. The molecule has 0 amide bonds. The van der Waals surface area contributed by atoms with Gasteiger partial charge in [-0.1, -0.05) is 18.9 Å². The number of fused-ring (bicyclic) bond motifs is 1. The molecule has 1 N–H and O–H groups in total. The topological polar surface area (TPSA) is 70.0 Å². The molecule has 2 aliphatic carbocycles. The second kappa shape index (κ2) is 5.43. The Morgan fingerprint density at radius 2 is 1.71 bits per heavy atom. The number of nitrogens with one attached hydrogen (secondary N) is 1. The summed E-state index contributed by atoms with van der Waals surface area (Å²) >= 11 is 0. The molecular formula is C16H20N2O2S. The Hall–Kier alpha value is -1.38. The summed E-state index contributed by atoms with van der Waals surface area (Å²) in [6.07, 6.45) is 7.29. The van der Waals surface area contributed by atoms with E-state index in [0.717, 1.165) is 37.7 Å². The largest absolute Gasteiger partial charge is 0.241 e. The van der Waals surface area contributed by atoms with Crippen LogP contribution in [0.1, 0.15) is 49.7 Å². The van der Waals surface area contributed by atoms with Crippen molar-refractivity contribution in [3.05, 3.63) is 29.3 Å². The van der Waals surface area contributed by atoms with Crippen LogP contribution in [-0.4, -0.2) is 14.0 Å². The molecule has 4 nitrogen and oxygen atoms in total. The Balaban J connectivity index is 1.90. The standard InChI is InChI=1S/C16H20N2O2S/c17-12-16(9-3-4-10-16)18-21(19,20)15-8-7-13-5-1-2-6-14(13)11-15/h7-8,11,18H,1-6,9-10H2. The van der Waals surface area contributed by atoms with Crippen molar-refractivity contribution < 1.29 is 8.42 Å². The van der Waals surface area contributed by atoms with Gasteiger partial charge in [0.1, 0.15) is 5.54 Å². The fourth-order valence-corrected chi connectivity index (χ4v) is 4.83. The van der Waals surface area contributed by atoms with Gasteiger partial charge in [0.25, 0.3) is 0 Å². The Kier molecular flexibility index (Phi) is 3.76. The molecule has 5 heteroatoms. The van der Waals surface area contributed by atoms with E-state index in [0.29, 0.717) is 17.7 Å². The zero-order chi connectivity index (χ0) is 14.9. The third-order valence-electron chi connectivity index (χ3n) is 4.63. The number of benzene rings is 1. The Morgan fingerprint density at radius 3 is 2.38 bits per heavy atom. The van der Waals surface area contributed by atoms with Crippen LogP contribution >= 0.6 is 0 Å². The van der Waals surface area contributed by atoms with Gasteiger partial charge in [-0.3, -0.25) is 0 Å². The van der Waals surface area contributed by atoms with Crippen LogP contribution in [-0.2, 0) is 22.9 Å². The fraction of sp³-hybridized carbons (Fsp3) is 0.562. The zero-order valence-corrected chi connectivity index (χ0v) is 12.9. The SMILES string of the molecule is N#CC1(NS(=O)(=O)c2ccc3c(c2)CCCC3)CCCC1. The van der Waals surface area contributed by atoms with E-state index in [1.54, 1.807) is 12.1 Å². The molecule has 0 spiro atoms. The summed E-state index contributed by atoms with van der Waals surface area (Å²) < 4.78 is 27.8. The Labute approximate surface area is 126 Å². The van der Waals surface area contributed by atoms with Gasteiger partial charge in [0.15, 0.2) is 0 Å². The van der Waals surface area contributed by atoms with Crippen molar-refractivity contribution >= 4 is 10.0 Å². The van der Waals surface area contributed by atoms with Gasteiger partial charge in [-0.2, -0.15) is 9.98 Å². The molecule has 0 heterocycles. The van der Waals surface area contributed by atoms with E-state index in [2.05, 4.69) is 10.8 Å². The number of hydrogen-bond acceptors (Lipinski definition) is 3. The summed E-state index contributed by atoms with van der Waals surface area (Å²) in [5, 5.41) is 9.34. The van der Waals surface area contributed by atoms with E-state index in [-0.39, 0.29) is 0 Å². The average Bonchev–Trinajstić information content (AvgIpc) is 2.95. The molecule has 0 aromatic heterocycles. The number of rotatable bonds is 3. The van der Waals surface area contributed by atoms with Gasteiger partial charge in [0.2, 0.25) is 10.0 Å². The van der Waals surface area contributed by atoms with Gasteiger partial charge in [0, 0.05) is 0 Å². The first-order valence-corrected chi connectivity index (χ1v) is 9.10. The molecule has 0 atom stereocenters. The molecule has 0 bridgehead atoms. The molecule has 1 saturated carbocycles. The summed E-state index contributed by atoms with van der Waals surface area (Å²) in [6.45, 7) is 0. The molecule has 1 fully saturated rings. The lowest BCUT2D eigenvalue weighted by Crippen LogP contribution is -2.44. The lowest BCUT2D eigenvalue weighted by atomic mass is 9.92.